The second-order valence-electron chi connectivity index (χ2n) is 7.33. The topological polar surface area (TPSA) is 61.9 Å². The van der Waals surface area contributed by atoms with E-state index in [1.54, 1.807) is 27.3 Å². The van der Waals surface area contributed by atoms with Gasteiger partial charge in [0.2, 0.25) is 0 Å². The first-order chi connectivity index (χ1) is 13.8. The monoisotopic (exact) mass is 455 g/mol. The van der Waals surface area contributed by atoms with E-state index in [1.807, 2.05) is 12.1 Å². The fraction of sp³-hybridized carbons (Fsp3) is 0.500. The molecule has 160 valence electrons. The molecule has 3 rings (SSSR count). The molecule has 0 spiro atoms. The molecule has 1 aliphatic heterocycles. The van der Waals surface area contributed by atoms with Crippen molar-refractivity contribution in [2.45, 2.75) is 40.6 Å². The van der Waals surface area contributed by atoms with Crippen LogP contribution in [0, 0.1) is 6.92 Å². The number of aryl methyl sites for hydroxylation is 1. The largest absolute Gasteiger partial charge is 0.383 e. The molecule has 1 saturated heterocycles. The lowest BCUT2D eigenvalue weighted by Crippen LogP contribution is -2.43. The lowest BCUT2D eigenvalue weighted by atomic mass is 10.00. The van der Waals surface area contributed by atoms with Crippen LogP contribution in [0.5, 0.6) is 0 Å². The molecule has 1 atom stereocenters. The number of para-hydroxylation sites is 1. The highest BCUT2D eigenvalue weighted by Gasteiger charge is 2.26. The van der Waals surface area contributed by atoms with Gasteiger partial charge in [-0.1, -0.05) is 12.1 Å². The molecule has 1 aromatic carbocycles. The molecule has 2 heterocycles. The first-order valence-electron chi connectivity index (χ1n) is 9.65. The summed E-state index contributed by atoms with van der Waals surface area (Å²) >= 11 is 2.73. The maximum absolute atomic E-state index is 12.3. The summed E-state index contributed by atoms with van der Waals surface area (Å²) in [4.78, 5) is 2.46. The van der Waals surface area contributed by atoms with Gasteiger partial charge in [0.05, 0.1) is 28.2 Å². The SMILES string of the molecule is COCC1CCCCN1c1c(C)cccc1NSc1ccc(S(=O)(=O)N(C)C)s1. The van der Waals surface area contributed by atoms with Gasteiger partial charge in [0.25, 0.3) is 10.0 Å². The van der Waals surface area contributed by atoms with Crippen LogP contribution in [0.2, 0.25) is 0 Å². The van der Waals surface area contributed by atoms with Gasteiger partial charge in [-0.2, -0.15) is 0 Å². The third kappa shape index (κ3) is 5.08. The highest BCUT2D eigenvalue weighted by Crippen LogP contribution is 2.38. The molecule has 0 aliphatic carbocycles. The van der Waals surface area contributed by atoms with Crippen molar-refractivity contribution in [2.75, 3.05) is 44.0 Å². The van der Waals surface area contributed by atoms with E-state index >= 15 is 0 Å². The van der Waals surface area contributed by atoms with Crippen molar-refractivity contribution < 1.29 is 13.2 Å². The smallest absolute Gasteiger partial charge is 0.252 e. The lowest BCUT2D eigenvalue weighted by Gasteiger charge is -2.39. The number of hydrogen-bond donors (Lipinski definition) is 1. The van der Waals surface area contributed by atoms with Crippen LogP contribution in [0.3, 0.4) is 0 Å². The minimum Gasteiger partial charge on any atom is -0.383 e. The number of benzene rings is 1. The van der Waals surface area contributed by atoms with E-state index in [1.165, 1.54) is 51.7 Å². The molecule has 29 heavy (non-hydrogen) atoms. The van der Waals surface area contributed by atoms with Gasteiger partial charge < -0.3 is 14.4 Å². The van der Waals surface area contributed by atoms with Crippen molar-refractivity contribution in [1.29, 1.82) is 0 Å². The third-order valence-electron chi connectivity index (χ3n) is 5.06. The van der Waals surface area contributed by atoms with Gasteiger partial charge in [-0.25, -0.2) is 12.7 Å². The van der Waals surface area contributed by atoms with E-state index in [2.05, 4.69) is 28.7 Å². The van der Waals surface area contributed by atoms with Gasteiger partial charge in [0.15, 0.2) is 0 Å². The number of methoxy groups -OCH3 is 1. The third-order valence-corrected chi connectivity index (χ3v) is 9.39. The summed E-state index contributed by atoms with van der Waals surface area (Å²) in [6.07, 6.45) is 3.54. The second-order valence-corrected chi connectivity index (χ2v) is 11.9. The average Bonchev–Trinajstić information content (AvgIpc) is 3.17. The van der Waals surface area contributed by atoms with Crippen molar-refractivity contribution in [3.63, 3.8) is 0 Å². The Bertz CT molecular complexity index is 926. The number of rotatable bonds is 8. The van der Waals surface area contributed by atoms with Crippen LogP contribution in [-0.2, 0) is 14.8 Å². The van der Waals surface area contributed by atoms with Crippen molar-refractivity contribution in [2.24, 2.45) is 0 Å². The predicted octanol–water partition coefficient (Wildman–Crippen LogP) is 4.43. The van der Waals surface area contributed by atoms with E-state index in [4.69, 9.17) is 4.74 Å². The fourth-order valence-electron chi connectivity index (χ4n) is 3.57. The Hall–Kier alpha value is -1.26. The Balaban J connectivity index is 1.81. The first-order valence-corrected chi connectivity index (χ1v) is 12.7. The maximum Gasteiger partial charge on any atom is 0.252 e. The Labute approximate surface area is 182 Å². The van der Waals surface area contributed by atoms with Gasteiger partial charge >= 0.3 is 0 Å². The van der Waals surface area contributed by atoms with E-state index < -0.39 is 10.0 Å². The molecule has 0 amide bonds. The van der Waals surface area contributed by atoms with Crippen molar-refractivity contribution >= 4 is 44.7 Å². The van der Waals surface area contributed by atoms with Crippen LogP contribution in [-0.4, -0.2) is 53.1 Å². The molecule has 2 aromatic rings. The number of nitrogens with zero attached hydrogens (tertiary/aromatic N) is 2. The molecule has 6 nitrogen and oxygen atoms in total. The van der Waals surface area contributed by atoms with Gasteiger partial charge in [-0.3, -0.25) is 0 Å². The van der Waals surface area contributed by atoms with Crippen molar-refractivity contribution in [3.8, 4) is 0 Å². The molecule has 9 heteroatoms. The van der Waals surface area contributed by atoms with Crippen molar-refractivity contribution in [1.82, 2.24) is 4.31 Å². The zero-order valence-electron chi connectivity index (χ0n) is 17.3. The van der Waals surface area contributed by atoms with Crippen LogP contribution < -0.4 is 9.62 Å². The summed E-state index contributed by atoms with van der Waals surface area (Å²) < 4.78 is 36.1. The highest BCUT2D eigenvalue weighted by atomic mass is 32.3. The first kappa shape index (κ1) is 22.4. The maximum atomic E-state index is 12.3. The Morgan fingerprint density at radius 2 is 2.07 bits per heavy atom. The molecular weight excluding hydrogens is 426 g/mol. The highest BCUT2D eigenvalue weighted by molar-refractivity contribution is 8.02. The van der Waals surface area contributed by atoms with Crippen LogP contribution in [0.1, 0.15) is 24.8 Å². The van der Waals surface area contributed by atoms with E-state index in [9.17, 15) is 8.42 Å². The Morgan fingerprint density at radius 3 is 2.79 bits per heavy atom. The molecule has 1 aromatic heterocycles. The molecule has 1 aliphatic rings. The molecule has 0 radical (unpaired) electrons. The number of piperidine rings is 1. The number of hydrogen-bond acceptors (Lipinski definition) is 7. The summed E-state index contributed by atoms with van der Waals surface area (Å²) in [6, 6.07) is 10.2. The second kappa shape index (κ2) is 9.70. The summed E-state index contributed by atoms with van der Waals surface area (Å²) in [5.41, 5.74) is 3.48. The molecule has 1 N–H and O–H groups in total. The minimum absolute atomic E-state index is 0.354. The normalized spacial score (nSPS) is 17.7. The molecule has 1 fully saturated rings. The average molecular weight is 456 g/mol. The van der Waals surface area contributed by atoms with Gasteiger partial charge in [0, 0.05) is 27.7 Å². The zero-order valence-corrected chi connectivity index (χ0v) is 19.8. The minimum atomic E-state index is -3.40. The molecule has 0 saturated carbocycles. The fourth-order valence-corrected chi connectivity index (χ4v) is 7.00. The quantitative estimate of drug-likeness (QED) is 0.594. The van der Waals surface area contributed by atoms with Gasteiger partial charge in [0.1, 0.15) is 4.21 Å². The molecule has 0 bridgehead atoms. The molecular formula is C20H29N3O3S3. The number of anilines is 2. The number of ether oxygens (including phenoxy) is 1. The summed E-state index contributed by atoms with van der Waals surface area (Å²) in [7, 11) is 1.46. The summed E-state index contributed by atoms with van der Waals surface area (Å²) in [6.45, 7) is 3.87. The van der Waals surface area contributed by atoms with E-state index in [0.29, 0.717) is 10.3 Å². The van der Waals surface area contributed by atoms with Crippen LogP contribution in [0.15, 0.2) is 38.8 Å². The van der Waals surface area contributed by atoms with Crippen molar-refractivity contribution in [3.05, 3.63) is 35.9 Å². The lowest BCUT2D eigenvalue weighted by molar-refractivity contribution is 0.166. The van der Waals surface area contributed by atoms with Gasteiger partial charge in [-0.15, -0.1) is 11.3 Å². The number of nitrogens with one attached hydrogen (secondary N) is 1. The Morgan fingerprint density at radius 1 is 1.28 bits per heavy atom. The predicted molar refractivity (Wildman–Crippen MR) is 123 cm³/mol. The number of sulfonamides is 1. The van der Waals surface area contributed by atoms with Crippen LogP contribution in [0.25, 0.3) is 0 Å². The van der Waals surface area contributed by atoms with E-state index in [0.717, 1.165) is 29.5 Å². The standard InChI is InChI=1S/C20H29N3O3S3/c1-15-8-7-10-17(20(15)23-13-6-5-9-16(23)14-26-4)21-28-18-11-12-19(27-18)29(24,25)22(2)3/h7-8,10-12,16,21H,5-6,9,13-14H2,1-4H3. The van der Waals surface area contributed by atoms with Gasteiger partial charge in [-0.05, 0) is 61.9 Å². The van der Waals surface area contributed by atoms with Crippen LogP contribution in [0.4, 0.5) is 11.4 Å². The summed E-state index contributed by atoms with van der Waals surface area (Å²) in [5, 5.41) is 0. The number of thiophene rings is 1. The van der Waals surface area contributed by atoms with E-state index in [-0.39, 0.29) is 0 Å². The summed E-state index contributed by atoms with van der Waals surface area (Å²) in [5.74, 6) is 0. The molecule has 1 unspecified atom stereocenters. The zero-order chi connectivity index (χ0) is 21.0. The van der Waals surface area contributed by atoms with Crippen LogP contribution >= 0.6 is 23.3 Å². The Kier molecular flexibility index (Phi) is 7.50.